The predicted octanol–water partition coefficient (Wildman–Crippen LogP) is 3.75. The Morgan fingerprint density at radius 3 is 2.52 bits per heavy atom. The maximum atomic E-state index is 12.3. The molecule has 7 nitrogen and oxygen atoms in total. The Labute approximate surface area is 171 Å². The Balaban J connectivity index is 1.43. The average Bonchev–Trinajstić information content (AvgIpc) is 3.21. The lowest BCUT2D eigenvalue weighted by Gasteiger charge is -2.07. The fourth-order valence-corrected chi connectivity index (χ4v) is 3.55. The Kier molecular flexibility index (Phi) is 5.35. The number of benzene rings is 3. The molecule has 4 aromatic rings. The molecule has 0 fully saturated rings. The van der Waals surface area contributed by atoms with Crippen molar-refractivity contribution in [3.63, 3.8) is 0 Å². The minimum Gasteiger partial charge on any atom is -0.325 e. The standard InChI is InChI=1S/C21H17N5O2S/c1-14(27)15-6-9-18(10-7-15)22-20(28)13-29-21-23-24-25-26(21)19-11-8-16-4-2-3-5-17(16)12-19/h2-12H,13H2,1H3,(H,22,28). The van der Waals surface area contributed by atoms with E-state index in [2.05, 4.69) is 20.8 Å². The van der Waals surface area contributed by atoms with E-state index in [1.807, 2.05) is 42.5 Å². The summed E-state index contributed by atoms with van der Waals surface area (Å²) in [5.74, 6) is -0.0415. The maximum absolute atomic E-state index is 12.3. The number of carbonyl (C=O) groups is 2. The SMILES string of the molecule is CC(=O)c1ccc(NC(=O)CSc2nnnn2-c2ccc3ccccc3c2)cc1. The fourth-order valence-electron chi connectivity index (χ4n) is 2.85. The lowest BCUT2D eigenvalue weighted by molar-refractivity contribution is -0.113. The second kappa shape index (κ2) is 8.24. The van der Waals surface area contributed by atoms with Crippen LogP contribution in [-0.4, -0.2) is 37.7 Å². The van der Waals surface area contributed by atoms with E-state index in [-0.39, 0.29) is 17.4 Å². The summed E-state index contributed by atoms with van der Waals surface area (Å²) in [4.78, 5) is 23.6. The van der Waals surface area contributed by atoms with Crippen LogP contribution < -0.4 is 5.32 Å². The van der Waals surface area contributed by atoms with Crippen molar-refractivity contribution in [3.05, 3.63) is 72.3 Å². The van der Waals surface area contributed by atoms with Crippen LogP contribution in [0.3, 0.4) is 0 Å². The van der Waals surface area contributed by atoms with Crippen LogP contribution in [-0.2, 0) is 4.79 Å². The molecule has 144 valence electrons. The van der Waals surface area contributed by atoms with Gasteiger partial charge in [0.25, 0.3) is 0 Å². The van der Waals surface area contributed by atoms with E-state index in [1.165, 1.54) is 18.7 Å². The lowest BCUT2D eigenvalue weighted by atomic mass is 10.1. The Morgan fingerprint density at radius 1 is 1.00 bits per heavy atom. The molecule has 0 saturated heterocycles. The van der Waals surface area contributed by atoms with Crippen LogP contribution in [0.25, 0.3) is 16.5 Å². The molecule has 0 saturated carbocycles. The van der Waals surface area contributed by atoms with E-state index in [0.717, 1.165) is 16.5 Å². The van der Waals surface area contributed by atoms with Gasteiger partial charge in [-0.15, -0.1) is 5.10 Å². The number of Topliss-reactive ketones (excluding diaryl/α,β-unsaturated/α-hetero) is 1. The minimum absolute atomic E-state index is 0.0149. The first-order chi connectivity index (χ1) is 14.1. The van der Waals surface area contributed by atoms with Gasteiger partial charge in [-0.1, -0.05) is 42.1 Å². The van der Waals surface area contributed by atoms with Crippen molar-refractivity contribution in [2.75, 3.05) is 11.1 Å². The number of tetrazole rings is 1. The number of hydrogen-bond donors (Lipinski definition) is 1. The second-order valence-electron chi connectivity index (χ2n) is 6.38. The summed E-state index contributed by atoms with van der Waals surface area (Å²) >= 11 is 1.25. The van der Waals surface area contributed by atoms with Crippen LogP contribution in [0.2, 0.25) is 0 Å². The molecule has 29 heavy (non-hydrogen) atoms. The van der Waals surface area contributed by atoms with E-state index in [0.29, 0.717) is 16.4 Å². The normalized spacial score (nSPS) is 10.8. The smallest absolute Gasteiger partial charge is 0.234 e. The average molecular weight is 403 g/mol. The Hall–Kier alpha value is -3.52. The van der Waals surface area contributed by atoms with E-state index < -0.39 is 0 Å². The molecule has 1 heterocycles. The van der Waals surface area contributed by atoms with Crippen molar-refractivity contribution < 1.29 is 9.59 Å². The van der Waals surface area contributed by atoms with E-state index >= 15 is 0 Å². The molecule has 0 aliphatic rings. The number of ketones is 1. The molecule has 0 bridgehead atoms. The van der Waals surface area contributed by atoms with Gasteiger partial charge in [0.2, 0.25) is 11.1 Å². The number of thioether (sulfide) groups is 1. The summed E-state index contributed by atoms with van der Waals surface area (Å²) in [7, 11) is 0. The molecule has 0 aliphatic heterocycles. The molecule has 3 aromatic carbocycles. The van der Waals surface area contributed by atoms with Gasteiger partial charge in [0, 0.05) is 11.3 Å². The molecule has 0 spiro atoms. The Bertz CT molecular complexity index is 1190. The summed E-state index contributed by atoms with van der Waals surface area (Å²) in [6.07, 6.45) is 0. The molecule has 1 amide bonds. The quantitative estimate of drug-likeness (QED) is 0.390. The highest BCUT2D eigenvalue weighted by Gasteiger charge is 2.12. The lowest BCUT2D eigenvalue weighted by Crippen LogP contribution is -2.14. The van der Waals surface area contributed by atoms with Gasteiger partial charge in [-0.05, 0) is 64.5 Å². The van der Waals surface area contributed by atoms with Crippen molar-refractivity contribution in [3.8, 4) is 5.69 Å². The number of nitrogens with zero attached hydrogens (tertiary/aromatic N) is 4. The molecule has 4 rings (SSSR count). The topological polar surface area (TPSA) is 89.8 Å². The first kappa shape index (κ1) is 18.8. The van der Waals surface area contributed by atoms with Crippen LogP contribution in [0, 0.1) is 0 Å². The highest BCUT2D eigenvalue weighted by Crippen LogP contribution is 2.22. The third-order valence-corrected chi connectivity index (χ3v) is 5.25. The summed E-state index contributed by atoms with van der Waals surface area (Å²) in [5, 5.41) is 17.4. The zero-order valence-corrected chi connectivity index (χ0v) is 16.4. The molecular weight excluding hydrogens is 386 g/mol. The van der Waals surface area contributed by atoms with Crippen molar-refractivity contribution in [2.45, 2.75) is 12.1 Å². The highest BCUT2D eigenvalue weighted by molar-refractivity contribution is 7.99. The number of nitrogens with one attached hydrogen (secondary N) is 1. The van der Waals surface area contributed by atoms with Crippen molar-refractivity contribution in [1.29, 1.82) is 0 Å². The fraction of sp³-hybridized carbons (Fsp3) is 0.0952. The van der Waals surface area contributed by atoms with E-state index in [9.17, 15) is 9.59 Å². The van der Waals surface area contributed by atoms with Gasteiger partial charge in [-0.3, -0.25) is 9.59 Å². The van der Waals surface area contributed by atoms with Gasteiger partial charge in [0.15, 0.2) is 5.78 Å². The number of fused-ring (bicyclic) bond motifs is 1. The first-order valence-corrected chi connectivity index (χ1v) is 9.90. The second-order valence-corrected chi connectivity index (χ2v) is 7.32. The van der Waals surface area contributed by atoms with Crippen molar-refractivity contribution in [2.24, 2.45) is 0 Å². The third-order valence-electron chi connectivity index (χ3n) is 4.33. The van der Waals surface area contributed by atoms with Gasteiger partial charge < -0.3 is 5.32 Å². The minimum atomic E-state index is -0.182. The number of rotatable bonds is 6. The molecule has 0 aliphatic carbocycles. The van der Waals surface area contributed by atoms with Crippen LogP contribution in [0.4, 0.5) is 5.69 Å². The van der Waals surface area contributed by atoms with Gasteiger partial charge in [0.1, 0.15) is 0 Å². The zero-order valence-electron chi connectivity index (χ0n) is 15.6. The molecule has 0 unspecified atom stereocenters. The third kappa shape index (κ3) is 4.33. The number of amides is 1. The van der Waals surface area contributed by atoms with Crippen LogP contribution >= 0.6 is 11.8 Å². The maximum Gasteiger partial charge on any atom is 0.234 e. The monoisotopic (exact) mass is 403 g/mol. The number of anilines is 1. The van der Waals surface area contributed by atoms with E-state index in [1.54, 1.807) is 28.9 Å². The van der Waals surface area contributed by atoms with Gasteiger partial charge >= 0.3 is 0 Å². The first-order valence-electron chi connectivity index (χ1n) is 8.91. The van der Waals surface area contributed by atoms with Crippen LogP contribution in [0.5, 0.6) is 0 Å². The molecule has 0 radical (unpaired) electrons. The number of hydrogen-bond acceptors (Lipinski definition) is 6. The Morgan fingerprint density at radius 2 is 1.76 bits per heavy atom. The van der Waals surface area contributed by atoms with Crippen LogP contribution in [0.1, 0.15) is 17.3 Å². The number of aromatic nitrogens is 4. The highest BCUT2D eigenvalue weighted by atomic mass is 32.2. The predicted molar refractivity (Wildman–Crippen MR) is 112 cm³/mol. The van der Waals surface area contributed by atoms with E-state index in [4.69, 9.17) is 0 Å². The molecule has 1 N–H and O–H groups in total. The van der Waals surface area contributed by atoms with Gasteiger partial charge in [0.05, 0.1) is 11.4 Å². The largest absolute Gasteiger partial charge is 0.325 e. The van der Waals surface area contributed by atoms with Gasteiger partial charge in [-0.25, -0.2) is 0 Å². The molecular formula is C21H17N5O2S. The summed E-state index contributed by atoms with van der Waals surface area (Å²) < 4.78 is 1.62. The molecule has 1 aromatic heterocycles. The molecule has 8 heteroatoms. The summed E-state index contributed by atoms with van der Waals surface area (Å²) in [6, 6.07) is 20.8. The van der Waals surface area contributed by atoms with Crippen molar-refractivity contribution >= 4 is 39.9 Å². The molecule has 0 atom stereocenters. The van der Waals surface area contributed by atoms with Crippen LogP contribution in [0.15, 0.2) is 71.9 Å². The summed E-state index contributed by atoms with van der Waals surface area (Å²) in [5.41, 5.74) is 2.07. The number of carbonyl (C=O) groups excluding carboxylic acids is 2. The summed E-state index contributed by atoms with van der Waals surface area (Å²) in [6.45, 7) is 1.50. The van der Waals surface area contributed by atoms with Gasteiger partial charge in [-0.2, -0.15) is 4.68 Å². The van der Waals surface area contributed by atoms with Crippen molar-refractivity contribution in [1.82, 2.24) is 20.2 Å². The zero-order chi connectivity index (χ0) is 20.2.